The third kappa shape index (κ3) is 5.85. The molecule has 1 N–H and O–H groups in total. The number of aryl methyl sites for hydroxylation is 1. The number of pyridine rings is 2. The lowest BCUT2D eigenvalue weighted by atomic mass is 9.91. The van der Waals surface area contributed by atoms with Crippen molar-refractivity contribution in [2.45, 2.75) is 58.0 Å². The van der Waals surface area contributed by atoms with E-state index >= 15 is 0 Å². The van der Waals surface area contributed by atoms with E-state index in [-0.39, 0.29) is 5.91 Å². The lowest BCUT2D eigenvalue weighted by Gasteiger charge is -2.25. The molecule has 3 heterocycles. The maximum atomic E-state index is 13.4. The first-order valence-electron chi connectivity index (χ1n) is 12.0. The van der Waals surface area contributed by atoms with Gasteiger partial charge in [-0.05, 0) is 80.5 Å². The molecular formula is C26H34N6O. The molecule has 1 unspecified atom stereocenters. The van der Waals surface area contributed by atoms with Gasteiger partial charge in [-0.3, -0.25) is 19.4 Å². The summed E-state index contributed by atoms with van der Waals surface area (Å²) in [6.45, 7) is 4.59. The Labute approximate surface area is 196 Å². The Morgan fingerprint density at radius 2 is 1.76 bits per heavy atom. The van der Waals surface area contributed by atoms with Gasteiger partial charge in [0, 0.05) is 62.2 Å². The number of aromatic nitrogens is 4. The lowest BCUT2D eigenvalue weighted by Crippen LogP contribution is -2.37. The Morgan fingerprint density at radius 3 is 2.42 bits per heavy atom. The van der Waals surface area contributed by atoms with Crippen LogP contribution in [0.25, 0.3) is 0 Å². The highest BCUT2D eigenvalue weighted by atomic mass is 16.2. The third-order valence-electron chi connectivity index (χ3n) is 6.41. The van der Waals surface area contributed by atoms with Gasteiger partial charge in [-0.25, -0.2) is 0 Å². The van der Waals surface area contributed by atoms with Crippen LogP contribution in [0.1, 0.15) is 52.6 Å². The summed E-state index contributed by atoms with van der Waals surface area (Å²) in [6, 6.07) is 8.49. The molecule has 0 radical (unpaired) electrons. The van der Waals surface area contributed by atoms with Gasteiger partial charge in [0.15, 0.2) is 5.69 Å². The van der Waals surface area contributed by atoms with Crippen molar-refractivity contribution in [3.63, 3.8) is 0 Å². The van der Waals surface area contributed by atoms with E-state index in [0.29, 0.717) is 18.3 Å². The number of hydrogen-bond acceptors (Lipinski definition) is 5. The van der Waals surface area contributed by atoms with E-state index in [0.717, 1.165) is 57.2 Å². The fourth-order valence-electron chi connectivity index (χ4n) is 4.53. The minimum atomic E-state index is 0.0209. The lowest BCUT2D eigenvalue weighted by molar-refractivity contribution is 0.0788. The molecule has 0 saturated carbocycles. The Kier molecular flexibility index (Phi) is 7.83. The van der Waals surface area contributed by atoms with Gasteiger partial charge in [-0.15, -0.1) is 0 Å². The molecule has 0 saturated heterocycles. The largest absolute Gasteiger partial charge is 0.340 e. The average Bonchev–Trinajstić information content (AvgIpc) is 3.21. The van der Waals surface area contributed by atoms with E-state index in [1.165, 1.54) is 16.8 Å². The Bertz CT molecular complexity index is 1030. The van der Waals surface area contributed by atoms with Gasteiger partial charge in [0.25, 0.3) is 5.91 Å². The quantitative estimate of drug-likeness (QED) is 0.518. The van der Waals surface area contributed by atoms with Crippen molar-refractivity contribution in [2.24, 2.45) is 0 Å². The molecule has 3 aromatic rings. The maximum Gasteiger partial charge on any atom is 0.274 e. The van der Waals surface area contributed by atoms with E-state index in [9.17, 15) is 4.79 Å². The van der Waals surface area contributed by atoms with E-state index in [4.69, 9.17) is 5.10 Å². The predicted molar refractivity (Wildman–Crippen MR) is 129 cm³/mol. The second-order valence-electron chi connectivity index (χ2n) is 8.83. The molecule has 1 atom stereocenters. The van der Waals surface area contributed by atoms with Gasteiger partial charge < -0.3 is 10.2 Å². The second kappa shape index (κ2) is 11.2. The molecule has 33 heavy (non-hydrogen) atoms. The van der Waals surface area contributed by atoms with Crippen molar-refractivity contribution in [1.82, 2.24) is 30.0 Å². The van der Waals surface area contributed by atoms with Crippen LogP contribution < -0.4 is 5.32 Å². The predicted octanol–water partition coefficient (Wildman–Crippen LogP) is 3.09. The van der Waals surface area contributed by atoms with E-state index in [2.05, 4.69) is 39.0 Å². The molecule has 7 heteroatoms. The summed E-state index contributed by atoms with van der Waals surface area (Å²) in [5, 5.41) is 8.51. The number of amides is 1. The summed E-state index contributed by atoms with van der Waals surface area (Å²) in [5.74, 6) is 0.0209. The number of rotatable bonds is 10. The van der Waals surface area contributed by atoms with E-state index in [1.54, 1.807) is 17.3 Å². The number of likely N-dealkylation sites (N-methyl/N-ethyl adjacent to an activating group) is 1. The van der Waals surface area contributed by atoms with E-state index in [1.807, 2.05) is 31.6 Å². The van der Waals surface area contributed by atoms with Crippen molar-refractivity contribution >= 4 is 5.91 Å². The first-order valence-corrected chi connectivity index (χ1v) is 12.0. The molecule has 1 aliphatic rings. The summed E-state index contributed by atoms with van der Waals surface area (Å²) in [5.41, 5.74) is 5.49. The fourth-order valence-corrected chi connectivity index (χ4v) is 4.53. The third-order valence-corrected chi connectivity index (χ3v) is 6.41. The van der Waals surface area contributed by atoms with E-state index < -0.39 is 0 Å². The Morgan fingerprint density at radius 1 is 1.09 bits per heavy atom. The first-order chi connectivity index (χ1) is 16.2. The molecule has 174 valence electrons. The highest BCUT2D eigenvalue weighted by Gasteiger charge is 2.30. The molecule has 1 amide bonds. The number of nitrogens with one attached hydrogen (secondary N) is 1. The molecule has 0 aliphatic heterocycles. The van der Waals surface area contributed by atoms with Crippen LogP contribution in [0.2, 0.25) is 0 Å². The summed E-state index contributed by atoms with van der Waals surface area (Å²) in [6.07, 6.45) is 13.0. The van der Waals surface area contributed by atoms with Crippen LogP contribution in [0.3, 0.4) is 0 Å². The summed E-state index contributed by atoms with van der Waals surface area (Å²) in [7, 11) is 1.88. The molecule has 0 aromatic carbocycles. The van der Waals surface area contributed by atoms with Gasteiger partial charge in [0.05, 0.1) is 0 Å². The molecule has 0 bridgehead atoms. The SMILES string of the molecule is CCCn1nc(C(=O)N(C)CCc2ccncc2)c2c1CCC(NCCc1ccncc1)C2. The van der Waals surface area contributed by atoms with Crippen LogP contribution in [0.15, 0.2) is 49.1 Å². The Balaban J connectivity index is 1.42. The number of nitrogens with zero attached hydrogens (tertiary/aromatic N) is 5. The van der Waals surface area contributed by atoms with Gasteiger partial charge in [0.2, 0.25) is 0 Å². The first kappa shape index (κ1) is 23.1. The Hall–Kier alpha value is -3.06. The van der Waals surface area contributed by atoms with Crippen molar-refractivity contribution < 1.29 is 4.79 Å². The monoisotopic (exact) mass is 446 g/mol. The van der Waals surface area contributed by atoms with Crippen LogP contribution in [0.4, 0.5) is 0 Å². The van der Waals surface area contributed by atoms with Crippen molar-refractivity contribution in [1.29, 1.82) is 0 Å². The number of carbonyl (C=O) groups excluding carboxylic acids is 1. The van der Waals surface area contributed by atoms with Crippen LogP contribution in [-0.4, -0.2) is 56.7 Å². The van der Waals surface area contributed by atoms with Crippen LogP contribution >= 0.6 is 0 Å². The molecule has 4 rings (SSSR count). The molecule has 0 spiro atoms. The zero-order chi connectivity index (χ0) is 23.0. The molecule has 0 fully saturated rings. The van der Waals surface area contributed by atoms with Crippen molar-refractivity contribution in [2.75, 3.05) is 20.1 Å². The van der Waals surface area contributed by atoms with Crippen molar-refractivity contribution in [3.8, 4) is 0 Å². The summed E-state index contributed by atoms with van der Waals surface area (Å²) in [4.78, 5) is 23.3. The minimum Gasteiger partial charge on any atom is -0.340 e. The zero-order valence-electron chi connectivity index (χ0n) is 19.7. The van der Waals surface area contributed by atoms with Gasteiger partial charge >= 0.3 is 0 Å². The molecule has 7 nitrogen and oxygen atoms in total. The van der Waals surface area contributed by atoms with Gasteiger partial charge in [-0.2, -0.15) is 5.10 Å². The highest BCUT2D eigenvalue weighted by Crippen LogP contribution is 2.26. The number of carbonyl (C=O) groups is 1. The maximum absolute atomic E-state index is 13.4. The van der Waals surface area contributed by atoms with Gasteiger partial charge in [0.1, 0.15) is 0 Å². The minimum absolute atomic E-state index is 0.0209. The van der Waals surface area contributed by atoms with Crippen LogP contribution in [-0.2, 0) is 32.2 Å². The number of hydrogen-bond donors (Lipinski definition) is 1. The molecule has 3 aromatic heterocycles. The summed E-state index contributed by atoms with van der Waals surface area (Å²) >= 11 is 0. The normalized spacial score (nSPS) is 15.3. The highest BCUT2D eigenvalue weighted by molar-refractivity contribution is 5.94. The van der Waals surface area contributed by atoms with Gasteiger partial charge in [-0.1, -0.05) is 6.92 Å². The molecule has 1 aliphatic carbocycles. The number of fused-ring (bicyclic) bond motifs is 1. The molecular weight excluding hydrogens is 412 g/mol. The average molecular weight is 447 g/mol. The van der Waals surface area contributed by atoms with Crippen LogP contribution in [0.5, 0.6) is 0 Å². The zero-order valence-corrected chi connectivity index (χ0v) is 19.7. The summed E-state index contributed by atoms with van der Waals surface area (Å²) < 4.78 is 2.08. The van der Waals surface area contributed by atoms with Crippen LogP contribution in [0, 0.1) is 0 Å². The fraction of sp³-hybridized carbons (Fsp3) is 0.462. The standard InChI is InChI=1S/C26H34N6O/c1-3-17-32-24-5-4-22(29-16-10-20-6-12-27-13-7-20)19-23(24)25(30-32)26(33)31(2)18-11-21-8-14-28-15-9-21/h6-9,12-15,22,29H,3-5,10-11,16-19H2,1-2H3. The smallest absolute Gasteiger partial charge is 0.274 e. The topological polar surface area (TPSA) is 75.9 Å². The second-order valence-corrected chi connectivity index (χ2v) is 8.83. The van der Waals surface area contributed by atoms with Crippen molar-refractivity contribution in [3.05, 3.63) is 77.1 Å².